The van der Waals surface area contributed by atoms with E-state index in [1.807, 2.05) is 22.4 Å². The Kier molecular flexibility index (Phi) is 6.62. The summed E-state index contributed by atoms with van der Waals surface area (Å²) in [5.74, 6) is 0.799. The first-order valence-corrected chi connectivity index (χ1v) is 12.1. The Morgan fingerprint density at radius 3 is 2.76 bits per heavy atom. The molecule has 1 atom stereocenters. The van der Waals surface area contributed by atoms with E-state index in [0.717, 1.165) is 36.1 Å². The molecule has 4 heterocycles. The first-order chi connectivity index (χ1) is 14.1. The molecule has 0 aromatic carbocycles. The number of hydrogen-bond donors (Lipinski definition) is 1. The minimum Gasteiger partial charge on any atom is -0.338 e. The van der Waals surface area contributed by atoms with Gasteiger partial charge in [0.05, 0.1) is 10.6 Å². The summed E-state index contributed by atoms with van der Waals surface area (Å²) >= 11 is 2.97. The molecule has 2 aromatic rings. The van der Waals surface area contributed by atoms with Crippen LogP contribution >= 0.6 is 22.7 Å². The SMILES string of the molecule is C[C@H]1CCCN(Cc2csc(NC(=O)C3CCN(C(=O)c4cccs4)CC3)n2)C1. The molecule has 0 aliphatic carbocycles. The Morgan fingerprint density at radius 1 is 1.21 bits per heavy atom. The summed E-state index contributed by atoms with van der Waals surface area (Å²) in [7, 11) is 0. The summed E-state index contributed by atoms with van der Waals surface area (Å²) in [6, 6.07) is 3.75. The van der Waals surface area contributed by atoms with E-state index in [1.165, 1.54) is 35.5 Å². The minimum atomic E-state index is -0.0577. The van der Waals surface area contributed by atoms with Gasteiger partial charge in [0, 0.05) is 37.5 Å². The largest absolute Gasteiger partial charge is 0.338 e. The third-order valence-corrected chi connectivity index (χ3v) is 7.46. The third kappa shape index (κ3) is 5.24. The van der Waals surface area contributed by atoms with Crippen molar-refractivity contribution in [1.29, 1.82) is 0 Å². The quantitative estimate of drug-likeness (QED) is 0.778. The number of thiazole rings is 1. The van der Waals surface area contributed by atoms with Gasteiger partial charge in [-0.05, 0) is 49.6 Å². The number of amides is 2. The second-order valence-corrected chi connectivity index (χ2v) is 9.97. The highest BCUT2D eigenvalue weighted by Gasteiger charge is 2.28. The molecule has 2 amide bonds. The molecule has 0 radical (unpaired) electrons. The molecule has 8 heteroatoms. The number of likely N-dealkylation sites (tertiary alicyclic amines) is 2. The zero-order chi connectivity index (χ0) is 20.2. The molecule has 2 aliphatic rings. The van der Waals surface area contributed by atoms with Gasteiger partial charge >= 0.3 is 0 Å². The van der Waals surface area contributed by atoms with Crippen LogP contribution in [0.5, 0.6) is 0 Å². The number of carbonyl (C=O) groups is 2. The molecule has 0 spiro atoms. The second kappa shape index (κ2) is 9.36. The zero-order valence-electron chi connectivity index (χ0n) is 16.8. The van der Waals surface area contributed by atoms with Gasteiger partial charge in [0.15, 0.2) is 5.13 Å². The standard InChI is InChI=1S/C21H28N4O2S2/c1-15-4-2-8-24(12-15)13-17-14-29-21(22-17)23-19(26)16-6-9-25(10-7-16)20(27)18-5-3-11-28-18/h3,5,11,14-16H,2,4,6-10,12-13H2,1H3,(H,22,23,26)/t15-/m0/s1. The number of thiophene rings is 1. The van der Waals surface area contributed by atoms with Crippen LogP contribution in [-0.4, -0.2) is 52.8 Å². The summed E-state index contributed by atoms with van der Waals surface area (Å²) in [6.07, 6.45) is 3.97. The van der Waals surface area contributed by atoms with E-state index in [4.69, 9.17) is 0 Å². The molecule has 156 valence electrons. The molecule has 0 bridgehead atoms. The average Bonchev–Trinajstić information content (AvgIpc) is 3.40. The van der Waals surface area contributed by atoms with Gasteiger partial charge in [-0.3, -0.25) is 14.5 Å². The number of anilines is 1. The van der Waals surface area contributed by atoms with Crippen LogP contribution < -0.4 is 5.32 Å². The third-order valence-electron chi connectivity index (χ3n) is 5.79. The lowest BCUT2D eigenvalue weighted by molar-refractivity contribution is -0.121. The highest BCUT2D eigenvalue weighted by molar-refractivity contribution is 7.14. The summed E-state index contributed by atoms with van der Waals surface area (Å²) in [6.45, 7) is 6.68. The van der Waals surface area contributed by atoms with Crippen LogP contribution in [0.3, 0.4) is 0 Å². The predicted molar refractivity (Wildman–Crippen MR) is 117 cm³/mol. The maximum atomic E-state index is 12.7. The number of nitrogens with zero attached hydrogens (tertiary/aromatic N) is 3. The molecule has 6 nitrogen and oxygen atoms in total. The Hall–Kier alpha value is -1.77. The fraction of sp³-hybridized carbons (Fsp3) is 0.571. The van der Waals surface area contributed by atoms with Crippen molar-refractivity contribution in [2.75, 3.05) is 31.5 Å². The highest BCUT2D eigenvalue weighted by atomic mass is 32.1. The Labute approximate surface area is 179 Å². The molecule has 2 saturated heterocycles. The van der Waals surface area contributed by atoms with Crippen molar-refractivity contribution in [2.45, 2.75) is 39.2 Å². The molecule has 0 unspecified atom stereocenters. The number of carbonyl (C=O) groups excluding carboxylic acids is 2. The van der Waals surface area contributed by atoms with Gasteiger partial charge in [0.25, 0.3) is 5.91 Å². The van der Waals surface area contributed by atoms with Gasteiger partial charge in [-0.2, -0.15) is 0 Å². The molecular formula is C21H28N4O2S2. The number of aromatic nitrogens is 1. The van der Waals surface area contributed by atoms with E-state index >= 15 is 0 Å². The van der Waals surface area contributed by atoms with Crippen molar-refractivity contribution in [2.24, 2.45) is 11.8 Å². The number of nitrogens with one attached hydrogen (secondary N) is 1. The van der Waals surface area contributed by atoms with Crippen molar-refractivity contribution in [3.63, 3.8) is 0 Å². The van der Waals surface area contributed by atoms with Crippen molar-refractivity contribution in [3.05, 3.63) is 33.5 Å². The molecule has 2 aliphatic heterocycles. The van der Waals surface area contributed by atoms with Gasteiger partial charge in [0.1, 0.15) is 0 Å². The lowest BCUT2D eigenvalue weighted by atomic mass is 9.96. The Morgan fingerprint density at radius 2 is 2.03 bits per heavy atom. The van der Waals surface area contributed by atoms with E-state index in [0.29, 0.717) is 31.1 Å². The van der Waals surface area contributed by atoms with E-state index < -0.39 is 0 Å². The summed E-state index contributed by atoms with van der Waals surface area (Å²) in [5.41, 5.74) is 1.04. The monoisotopic (exact) mass is 432 g/mol. The first kappa shape index (κ1) is 20.5. The van der Waals surface area contributed by atoms with E-state index in [-0.39, 0.29) is 17.7 Å². The van der Waals surface area contributed by atoms with Crippen molar-refractivity contribution in [3.8, 4) is 0 Å². The minimum absolute atomic E-state index is 0.0284. The Balaban J connectivity index is 1.25. The summed E-state index contributed by atoms with van der Waals surface area (Å²) in [5, 5.41) is 7.66. The van der Waals surface area contributed by atoms with Crippen LogP contribution in [-0.2, 0) is 11.3 Å². The molecule has 29 heavy (non-hydrogen) atoms. The molecule has 4 rings (SSSR count). The fourth-order valence-corrected chi connectivity index (χ4v) is 5.60. The fourth-order valence-electron chi connectivity index (χ4n) is 4.20. The van der Waals surface area contributed by atoms with Crippen molar-refractivity contribution in [1.82, 2.24) is 14.8 Å². The number of rotatable bonds is 5. The highest BCUT2D eigenvalue weighted by Crippen LogP contribution is 2.24. The Bertz CT molecular complexity index is 828. The van der Waals surface area contributed by atoms with Crippen LogP contribution in [0.4, 0.5) is 5.13 Å². The summed E-state index contributed by atoms with van der Waals surface area (Å²) < 4.78 is 0. The van der Waals surface area contributed by atoms with Crippen LogP contribution in [0.1, 0.15) is 48.0 Å². The van der Waals surface area contributed by atoms with Gasteiger partial charge in [0.2, 0.25) is 5.91 Å². The maximum Gasteiger partial charge on any atom is 0.263 e. The molecular weight excluding hydrogens is 404 g/mol. The van der Waals surface area contributed by atoms with E-state index in [9.17, 15) is 9.59 Å². The van der Waals surface area contributed by atoms with E-state index in [1.54, 1.807) is 0 Å². The van der Waals surface area contributed by atoms with Gasteiger partial charge in [-0.15, -0.1) is 22.7 Å². The van der Waals surface area contributed by atoms with Crippen molar-refractivity contribution >= 4 is 39.6 Å². The number of piperidine rings is 2. The number of hydrogen-bond acceptors (Lipinski definition) is 6. The molecule has 2 aromatic heterocycles. The van der Waals surface area contributed by atoms with E-state index in [2.05, 4.69) is 27.5 Å². The van der Waals surface area contributed by atoms with Gasteiger partial charge < -0.3 is 10.2 Å². The maximum absolute atomic E-state index is 12.7. The first-order valence-electron chi connectivity index (χ1n) is 10.4. The normalized spacial score (nSPS) is 21.3. The lowest BCUT2D eigenvalue weighted by Gasteiger charge is -2.31. The average molecular weight is 433 g/mol. The van der Waals surface area contributed by atoms with Crippen LogP contribution in [0.25, 0.3) is 0 Å². The predicted octanol–water partition coefficient (Wildman–Crippen LogP) is 3.93. The smallest absolute Gasteiger partial charge is 0.263 e. The topological polar surface area (TPSA) is 65.5 Å². The second-order valence-electron chi connectivity index (χ2n) is 8.16. The molecule has 0 saturated carbocycles. The molecule has 1 N–H and O–H groups in total. The van der Waals surface area contributed by atoms with Gasteiger partial charge in [-0.1, -0.05) is 13.0 Å². The lowest BCUT2D eigenvalue weighted by Crippen LogP contribution is -2.41. The molecule has 2 fully saturated rings. The van der Waals surface area contributed by atoms with Crippen LogP contribution in [0, 0.1) is 11.8 Å². The summed E-state index contributed by atoms with van der Waals surface area (Å²) in [4.78, 5) is 34.8. The van der Waals surface area contributed by atoms with Gasteiger partial charge in [-0.25, -0.2) is 4.98 Å². The van der Waals surface area contributed by atoms with Crippen LogP contribution in [0.15, 0.2) is 22.9 Å². The van der Waals surface area contributed by atoms with Crippen LogP contribution in [0.2, 0.25) is 0 Å². The van der Waals surface area contributed by atoms with Crippen molar-refractivity contribution < 1.29 is 9.59 Å². The zero-order valence-corrected chi connectivity index (χ0v) is 18.4.